The zero-order chi connectivity index (χ0) is 17.8. The standard InChI is InChI=1S/C18H23N5O2S/c24-17(22-10-12-25-13-11-22)16(14-6-2-1-3-7-14)26-18-19-20-21-23(18)15-8-4-5-9-15/h1-3,6-7,15-16H,4-5,8-13H2/t16-/m1/s1. The Labute approximate surface area is 157 Å². The van der Waals surface area contributed by atoms with Crippen LogP contribution in [0.2, 0.25) is 0 Å². The summed E-state index contributed by atoms with van der Waals surface area (Å²) in [6.45, 7) is 2.46. The molecular weight excluding hydrogens is 350 g/mol. The molecule has 0 unspecified atom stereocenters. The second kappa shape index (κ2) is 8.18. The molecular formula is C18H23N5O2S. The molecule has 2 aliphatic rings. The Hall–Kier alpha value is -1.93. The summed E-state index contributed by atoms with van der Waals surface area (Å²) in [5, 5.41) is 12.7. The lowest BCUT2D eigenvalue weighted by Gasteiger charge is -2.30. The van der Waals surface area contributed by atoms with Gasteiger partial charge in [-0.2, -0.15) is 0 Å². The van der Waals surface area contributed by atoms with E-state index in [1.165, 1.54) is 24.6 Å². The summed E-state index contributed by atoms with van der Waals surface area (Å²) in [7, 11) is 0. The van der Waals surface area contributed by atoms with E-state index in [0.717, 1.165) is 23.6 Å². The van der Waals surface area contributed by atoms with Crippen molar-refractivity contribution in [1.82, 2.24) is 25.1 Å². The number of aromatic nitrogens is 4. The van der Waals surface area contributed by atoms with E-state index in [1.54, 1.807) is 0 Å². The third kappa shape index (κ3) is 3.76. The van der Waals surface area contributed by atoms with E-state index in [2.05, 4.69) is 15.5 Å². The van der Waals surface area contributed by atoms with Gasteiger partial charge in [0.15, 0.2) is 0 Å². The van der Waals surface area contributed by atoms with Crippen molar-refractivity contribution < 1.29 is 9.53 Å². The van der Waals surface area contributed by atoms with E-state index in [4.69, 9.17) is 4.74 Å². The van der Waals surface area contributed by atoms with Crippen LogP contribution in [0.25, 0.3) is 0 Å². The van der Waals surface area contributed by atoms with Gasteiger partial charge in [-0.1, -0.05) is 54.9 Å². The number of benzene rings is 1. The van der Waals surface area contributed by atoms with Gasteiger partial charge in [-0.15, -0.1) is 5.10 Å². The maximum Gasteiger partial charge on any atom is 0.240 e. The fourth-order valence-corrected chi connectivity index (χ4v) is 4.72. The second-order valence-corrected chi connectivity index (χ2v) is 7.76. The van der Waals surface area contributed by atoms with Gasteiger partial charge in [-0.05, 0) is 28.8 Å². The number of carbonyl (C=O) groups is 1. The van der Waals surface area contributed by atoms with Gasteiger partial charge in [0.2, 0.25) is 11.1 Å². The molecule has 8 heteroatoms. The predicted octanol–water partition coefficient (Wildman–Crippen LogP) is 2.48. The Bertz CT molecular complexity index is 726. The second-order valence-electron chi connectivity index (χ2n) is 6.69. The molecule has 2 heterocycles. The summed E-state index contributed by atoms with van der Waals surface area (Å²) in [4.78, 5) is 15.1. The number of hydrogen-bond donors (Lipinski definition) is 0. The highest BCUT2D eigenvalue weighted by molar-refractivity contribution is 8.00. The van der Waals surface area contributed by atoms with Crippen molar-refractivity contribution in [2.75, 3.05) is 26.3 Å². The van der Waals surface area contributed by atoms with Crippen molar-refractivity contribution in [2.45, 2.75) is 42.1 Å². The van der Waals surface area contributed by atoms with Crippen LogP contribution in [0.4, 0.5) is 0 Å². The molecule has 0 spiro atoms. The molecule has 1 amide bonds. The van der Waals surface area contributed by atoms with Crippen LogP contribution in [0.5, 0.6) is 0 Å². The lowest BCUT2D eigenvalue weighted by Crippen LogP contribution is -2.42. The van der Waals surface area contributed by atoms with Crippen LogP contribution in [-0.4, -0.2) is 57.3 Å². The molecule has 0 radical (unpaired) electrons. The molecule has 1 aromatic carbocycles. The quantitative estimate of drug-likeness (QED) is 0.750. The fraction of sp³-hybridized carbons (Fsp3) is 0.556. The minimum absolute atomic E-state index is 0.102. The average molecular weight is 373 g/mol. The number of thioether (sulfide) groups is 1. The van der Waals surface area contributed by atoms with Crippen molar-refractivity contribution in [1.29, 1.82) is 0 Å². The Morgan fingerprint density at radius 2 is 1.88 bits per heavy atom. The van der Waals surface area contributed by atoms with Gasteiger partial charge >= 0.3 is 0 Å². The van der Waals surface area contributed by atoms with Crippen molar-refractivity contribution >= 4 is 17.7 Å². The van der Waals surface area contributed by atoms with Gasteiger partial charge in [0.1, 0.15) is 5.25 Å². The number of rotatable bonds is 5. The largest absolute Gasteiger partial charge is 0.378 e. The zero-order valence-electron chi connectivity index (χ0n) is 14.7. The average Bonchev–Trinajstić information content (AvgIpc) is 3.38. The molecule has 2 aromatic rings. The van der Waals surface area contributed by atoms with E-state index in [1.807, 2.05) is 39.9 Å². The number of nitrogens with zero attached hydrogens (tertiary/aromatic N) is 5. The molecule has 1 aromatic heterocycles. The van der Waals surface area contributed by atoms with Crippen molar-refractivity contribution in [2.24, 2.45) is 0 Å². The lowest BCUT2D eigenvalue weighted by molar-refractivity contribution is -0.134. The number of ether oxygens (including phenoxy) is 1. The molecule has 1 aliphatic heterocycles. The minimum atomic E-state index is -0.347. The van der Waals surface area contributed by atoms with Crippen LogP contribution >= 0.6 is 11.8 Å². The molecule has 1 atom stereocenters. The highest BCUT2D eigenvalue weighted by atomic mass is 32.2. The first-order valence-electron chi connectivity index (χ1n) is 9.19. The van der Waals surface area contributed by atoms with Gasteiger partial charge in [-0.3, -0.25) is 4.79 Å². The first-order valence-corrected chi connectivity index (χ1v) is 10.1. The number of hydrogen-bond acceptors (Lipinski definition) is 6. The van der Waals surface area contributed by atoms with Crippen LogP contribution in [0.15, 0.2) is 35.5 Å². The first-order chi connectivity index (χ1) is 12.8. The van der Waals surface area contributed by atoms with E-state index in [0.29, 0.717) is 32.3 Å². The summed E-state index contributed by atoms with van der Waals surface area (Å²) in [6.07, 6.45) is 4.63. The van der Waals surface area contributed by atoms with E-state index in [-0.39, 0.29) is 11.2 Å². The van der Waals surface area contributed by atoms with Crippen molar-refractivity contribution in [3.05, 3.63) is 35.9 Å². The highest BCUT2D eigenvalue weighted by Crippen LogP contribution is 2.38. The van der Waals surface area contributed by atoms with Gasteiger partial charge in [0.25, 0.3) is 0 Å². The molecule has 4 rings (SSSR count). The Kier molecular flexibility index (Phi) is 5.50. The Morgan fingerprint density at radius 3 is 2.62 bits per heavy atom. The van der Waals surface area contributed by atoms with Crippen LogP contribution in [0.1, 0.15) is 42.5 Å². The predicted molar refractivity (Wildman–Crippen MR) is 97.8 cm³/mol. The number of morpholine rings is 1. The molecule has 7 nitrogen and oxygen atoms in total. The third-order valence-electron chi connectivity index (χ3n) is 5.01. The minimum Gasteiger partial charge on any atom is -0.378 e. The van der Waals surface area contributed by atoms with Crippen LogP contribution in [-0.2, 0) is 9.53 Å². The van der Waals surface area contributed by atoms with Crippen LogP contribution in [0.3, 0.4) is 0 Å². The van der Waals surface area contributed by atoms with Gasteiger partial charge in [0, 0.05) is 13.1 Å². The van der Waals surface area contributed by atoms with Crippen LogP contribution < -0.4 is 0 Å². The number of tetrazole rings is 1. The molecule has 26 heavy (non-hydrogen) atoms. The van der Waals surface area contributed by atoms with Gasteiger partial charge in [-0.25, -0.2) is 4.68 Å². The number of amides is 1. The summed E-state index contributed by atoms with van der Waals surface area (Å²) in [5.41, 5.74) is 0.981. The Balaban J connectivity index is 1.59. The molecule has 138 valence electrons. The van der Waals surface area contributed by atoms with Crippen molar-refractivity contribution in [3.8, 4) is 0 Å². The molecule has 0 bridgehead atoms. The summed E-state index contributed by atoms with van der Waals surface area (Å²) < 4.78 is 7.31. The SMILES string of the molecule is O=C([C@H](Sc1nnnn1C1CCCC1)c1ccccc1)N1CCOCC1. The van der Waals surface area contributed by atoms with E-state index < -0.39 is 0 Å². The van der Waals surface area contributed by atoms with Crippen LogP contribution in [0, 0.1) is 0 Å². The van der Waals surface area contributed by atoms with Crippen molar-refractivity contribution in [3.63, 3.8) is 0 Å². The topological polar surface area (TPSA) is 73.1 Å². The van der Waals surface area contributed by atoms with Gasteiger partial charge in [0.05, 0.1) is 19.3 Å². The maximum atomic E-state index is 13.2. The summed E-state index contributed by atoms with van der Waals surface area (Å²) >= 11 is 1.46. The Morgan fingerprint density at radius 1 is 1.15 bits per heavy atom. The normalized spacial score (nSPS) is 19.6. The summed E-state index contributed by atoms with van der Waals surface area (Å²) in [5.74, 6) is 0.102. The molecule has 2 fully saturated rings. The monoisotopic (exact) mass is 373 g/mol. The summed E-state index contributed by atoms with van der Waals surface area (Å²) in [6, 6.07) is 10.2. The zero-order valence-corrected chi connectivity index (χ0v) is 15.5. The van der Waals surface area contributed by atoms with Gasteiger partial charge < -0.3 is 9.64 Å². The fourth-order valence-electron chi connectivity index (χ4n) is 3.58. The highest BCUT2D eigenvalue weighted by Gasteiger charge is 2.31. The molecule has 1 saturated carbocycles. The molecule has 1 saturated heterocycles. The first kappa shape index (κ1) is 17.5. The number of carbonyl (C=O) groups excluding carboxylic acids is 1. The van der Waals surface area contributed by atoms with E-state index >= 15 is 0 Å². The third-order valence-corrected chi connectivity index (χ3v) is 6.19. The molecule has 0 N–H and O–H groups in total. The molecule has 1 aliphatic carbocycles. The lowest BCUT2D eigenvalue weighted by atomic mass is 10.1. The van der Waals surface area contributed by atoms with E-state index in [9.17, 15) is 4.79 Å². The maximum absolute atomic E-state index is 13.2. The smallest absolute Gasteiger partial charge is 0.240 e.